The number of hydrogen-bond donors (Lipinski definition) is 2. The van der Waals surface area contributed by atoms with Crippen LogP contribution in [-0.2, 0) is 6.61 Å². The van der Waals surface area contributed by atoms with Crippen LogP contribution in [0, 0.1) is 0 Å². The van der Waals surface area contributed by atoms with Crippen LogP contribution in [0.25, 0.3) is 0 Å². The number of amides is 2. The fourth-order valence-electron chi connectivity index (χ4n) is 2.06. The van der Waals surface area contributed by atoms with Crippen LogP contribution in [0.5, 0.6) is 5.75 Å². The van der Waals surface area contributed by atoms with Crippen LogP contribution in [0.15, 0.2) is 71.5 Å². The number of ether oxygens (including phenoxy) is 1. The summed E-state index contributed by atoms with van der Waals surface area (Å²) in [4.78, 5) is 27.9. The number of carbonyl (C=O) groups excluding carboxylic acids is 2. The van der Waals surface area contributed by atoms with Crippen LogP contribution in [0.2, 0.25) is 0 Å². The number of rotatable bonds is 5. The lowest BCUT2D eigenvalue weighted by atomic mass is 10.2. The summed E-state index contributed by atoms with van der Waals surface area (Å²) in [6, 6.07) is 15.8. The normalized spacial score (nSPS) is 10.1. The van der Waals surface area contributed by atoms with Crippen molar-refractivity contribution in [1.29, 1.82) is 0 Å². The molecule has 2 N–H and O–H groups in total. The number of nitrogens with zero attached hydrogens (tertiary/aromatic N) is 1. The first-order valence-corrected chi connectivity index (χ1v) is 7.50. The van der Waals surface area contributed by atoms with Crippen LogP contribution in [0.1, 0.15) is 26.6 Å². The van der Waals surface area contributed by atoms with E-state index in [4.69, 9.17) is 9.15 Å². The lowest BCUT2D eigenvalue weighted by molar-refractivity contribution is 0.0826. The van der Waals surface area contributed by atoms with Gasteiger partial charge in [0.05, 0.1) is 6.26 Å². The number of hydrazine groups is 1. The van der Waals surface area contributed by atoms with Crippen LogP contribution < -0.4 is 15.6 Å². The van der Waals surface area contributed by atoms with E-state index in [1.54, 1.807) is 18.2 Å². The smallest absolute Gasteiger partial charge is 0.305 e. The van der Waals surface area contributed by atoms with Gasteiger partial charge in [-0.3, -0.25) is 25.4 Å². The fraction of sp³-hybridized carbons (Fsp3) is 0.0556. The molecule has 0 aliphatic heterocycles. The van der Waals surface area contributed by atoms with Gasteiger partial charge in [-0.15, -0.1) is 0 Å². The molecule has 0 saturated heterocycles. The van der Waals surface area contributed by atoms with Crippen LogP contribution >= 0.6 is 0 Å². The summed E-state index contributed by atoms with van der Waals surface area (Å²) < 4.78 is 10.8. The van der Waals surface area contributed by atoms with Gasteiger partial charge in [-0.05, 0) is 30.3 Å². The first-order chi connectivity index (χ1) is 12.2. The molecule has 3 aromatic rings. The van der Waals surface area contributed by atoms with Crippen molar-refractivity contribution in [2.45, 2.75) is 6.61 Å². The van der Waals surface area contributed by atoms with Crippen molar-refractivity contribution >= 4 is 11.8 Å². The van der Waals surface area contributed by atoms with Gasteiger partial charge in [-0.2, -0.15) is 0 Å². The Balaban J connectivity index is 1.58. The standard InChI is InChI=1S/C18H15N3O4/c22-17(15-8-4-5-10-19-15)20-21-18(23)16-13(9-11-24-16)12-25-14-6-2-1-3-7-14/h1-11H,12H2,(H,20,22)(H,21,23). The number of carbonyl (C=O) groups is 2. The van der Waals surface area contributed by atoms with Gasteiger partial charge in [-0.1, -0.05) is 24.3 Å². The quantitative estimate of drug-likeness (QED) is 0.697. The number of benzene rings is 1. The summed E-state index contributed by atoms with van der Waals surface area (Å²) in [5.41, 5.74) is 5.33. The van der Waals surface area contributed by atoms with E-state index in [0.29, 0.717) is 11.3 Å². The molecule has 0 atom stereocenters. The van der Waals surface area contributed by atoms with Crippen molar-refractivity contribution < 1.29 is 18.7 Å². The van der Waals surface area contributed by atoms with Crippen LogP contribution in [0.3, 0.4) is 0 Å². The Bertz CT molecular complexity index is 847. The minimum atomic E-state index is -0.582. The van der Waals surface area contributed by atoms with E-state index in [1.807, 2.05) is 30.3 Å². The van der Waals surface area contributed by atoms with E-state index >= 15 is 0 Å². The maximum absolute atomic E-state index is 12.2. The molecule has 0 saturated carbocycles. The minimum absolute atomic E-state index is 0.0669. The topological polar surface area (TPSA) is 93.5 Å². The fourth-order valence-corrected chi connectivity index (χ4v) is 2.06. The molecule has 0 spiro atoms. The van der Waals surface area contributed by atoms with Gasteiger partial charge >= 0.3 is 5.91 Å². The van der Waals surface area contributed by atoms with E-state index in [1.165, 1.54) is 18.5 Å². The molecule has 126 valence electrons. The minimum Gasteiger partial charge on any atom is -0.489 e. The maximum Gasteiger partial charge on any atom is 0.305 e. The van der Waals surface area contributed by atoms with Crippen LogP contribution in [0.4, 0.5) is 0 Å². The van der Waals surface area contributed by atoms with Crippen LogP contribution in [-0.4, -0.2) is 16.8 Å². The van der Waals surface area contributed by atoms with E-state index < -0.39 is 11.8 Å². The summed E-state index contributed by atoms with van der Waals surface area (Å²) in [5, 5.41) is 0. The summed E-state index contributed by atoms with van der Waals surface area (Å²) in [5.74, 6) is -0.362. The molecule has 0 aliphatic rings. The highest BCUT2D eigenvalue weighted by Crippen LogP contribution is 2.15. The number of para-hydroxylation sites is 1. The average molecular weight is 337 g/mol. The molecule has 0 unspecified atom stereocenters. The van der Waals surface area contributed by atoms with Gasteiger partial charge in [0.1, 0.15) is 18.1 Å². The van der Waals surface area contributed by atoms with E-state index in [2.05, 4.69) is 15.8 Å². The molecule has 2 amide bonds. The number of aromatic nitrogens is 1. The highest BCUT2D eigenvalue weighted by Gasteiger charge is 2.17. The zero-order valence-corrected chi connectivity index (χ0v) is 13.1. The van der Waals surface area contributed by atoms with Gasteiger partial charge in [0, 0.05) is 11.8 Å². The van der Waals surface area contributed by atoms with Gasteiger partial charge in [-0.25, -0.2) is 0 Å². The third-order valence-corrected chi connectivity index (χ3v) is 3.28. The van der Waals surface area contributed by atoms with Gasteiger partial charge < -0.3 is 9.15 Å². The molecular formula is C18H15N3O4. The summed E-state index contributed by atoms with van der Waals surface area (Å²) in [6.45, 7) is 0.164. The first kappa shape index (κ1) is 16.3. The monoisotopic (exact) mass is 337 g/mol. The molecule has 1 aromatic carbocycles. The molecule has 25 heavy (non-hydrogen) atoms. The Morgan fingerprint density at radius 3 is 2.48 bits per heavy atom. The predicted molar refractivity (Wildman–Crippen MR) is 88.7 cm³/mol. The molecule has 2 heterocycles. The predicted octanol–water partition coefficient (Wildman–Crippen LogP) is 2.33. The molecule has 0 aliphatic carbocycles. The molecule has 2 aromatic heterocycles. The van der Waals surface area contributed by atoms with Gasteiger partial charge in [0.25, 0.3) is 5.91 Å². The third kappa shape index (κ3) is 4.23. The average Bonchev–Trinajstić information content (AvgIpc) is 3.14. The number of hydrogen-bond acceptors (Lipinski definition) is 5. The van der Waals surface area contributed by atoms with Gasteiger partial charge in [0.15, 0.2) is 5.76 Å². The number of furan rings is 1. The van der Waals surface area contributed by atoms with Gasteiger partial charge in [0.2, 0.25) is 0 Å². The molecular weight excluding hydrogens is 322 g/mol. The second kappa shape index (κ2) is 7.78. The Morgan fingerprint density at radius 1 is 0.960 bits per heavy atom. The van der Waals surface area contributed by atoms with Crippen molar-refractivity contribution in [2.24, 2.45) is 0 Å². The van der Waals surface area contributed by atoms with E-state index in [9.17, 15) is 9.59 Å². The molecule has 3 rings (SSSR count). The largest absolute Gasteiger partial charge is 0.489 e. The van der Waals surface area contributed by atoms with Crippen molar-refractivity contribution in [3.05, 3.63) is 84.1 Å². The summed E-state index contributed by atoms with van der Waals surface area (Å²) in [6.07, 6.45) is 2.88. The van der Waals surface area contributed by atoms with E-state index in [0.717, 1.165) is 0 Å². The van der Waals surface area contributed by atoms with Crippen molar-refractivity contribution in [1.82, 2.24) is 15.8 Å². The molecule has 7 heteroatoms. The zero-order valence-electron chi connectivity index (χ0n) is 13.1. The van der Waals surface area contributed by atoms with Crippen molar-refractivity contribution in [3.8, 4) is 5.75 Å². The molecule has 0 bridgehead atoms. The van der Waals surface area contributed by atoms with E-state index in [-0.39, 0.29) is 18.1 Å². The van der Waals surface area contributed by atoms with Crippen molar-refractivity contribution in [2.75, 3.05) is 0 Å². The Labute approximate surface area is 143 Å². The summed E-state index contributed by atoms with van der Waals surface area (Å²) >= 11 is 0. The summed E-state index contributed by atoms with van der Waals surface area (Å²) in [7, 11) is 0. The molecule has 7 nitrogen and oxygen atoms in total. The Morgan fingerprint density at radius 2 is 1.72 bits per heavy atom. The second-order valence-electron chi connectivity index (χ2n) is 5.00. The first-order valence-electron chi connectivity index (χ1n) is 7.50. The Hall–Kier alpha value is -3.61. The molecule has 0 fully saturated rings. The number of nitrogens with one attached hydrogen (secondary N) is 2. The second-order valence-corrected chi connectivity index (χ2v) is 5.00. The van der Waals surface area contributed by atoms with Crippen molar-refractivity contribution in [3.63, 3.8) is 0 Å². The Kier molecular flexibility index (Phi) is 5.06. The maximum atomic E-state index is 12.2. The highest BCUT2D eigenvalue weighted by atomic mass is 16.5. The highest BCUT2D eigenvalue weighted by molar-refractivity contribution is 5.97. The third-order valence-electron chi connectivity index (χ3n) is 3.28. The number of pyridine rings is 1. The molecule has 0 radical (unpaired) electrons. The lowest BCUT2D eigenvalue weighted by Crippen LogP contribution is -2.42. The zero-order chi connectivity index (χ0) is 17.5. The SMILES string of the molecule is O=C(NNC(=O)c1occc1COc1ccccc1)c1ccccn1. The lowest BCUT2D eigenvalue weighted by Gasteiger charge is -2.08.